The molecule has 0 aromatic carbocycles. The summed E-state index contributed by atoms with van der Waals surface area (Å²) >= 11 is 0. The van der Waals surface area contributed by atoms with E-state index in [-0.39, 0.29) is 11.9 Å². The zero-order valence-electron chi connectivity index (χ0n) is 12.5. The fraction of sp³-hybridized carbons (Fsp3) is 0.933. The molecular weight excluding hydrogens is 238 g/mol. The largest absolute Gasteiger partial charge is 0.354 e. The highest BCUT2D eigenvalue weighted by molar-refractivity contribution is 5.76. The van der Waals surface area contributed by atoms with Gasteiger partial charge in [-0.3, -0.25) is 4.79 Å². The van der Waals surface area contributed by atoms with Gasteiger partial charge in [-0.15, -0.1) is 0 Å². The number of carbonyl (C=O) groups excluding carboxylic acids is 1. The number of rotatable bonds is 8. The second-order valence-corrected chi connectivity index (χ2v) is 6.47. The molecule has 19 heavy (non-hydrogen) atoms. The van der Waals surface area contributed by atoms with Crippen LogP contribution in [0.2, 0.25) is 0 Å². The van der Waals surface area contributed by atoms with Crippen LogP contribution in [0.5, 0.6) is 0 Å². The average molecular weight is 267 g/mol. The Morgan fingerprint density at radius 1 is 1.32 bits per heavy atom. The van der Waals surface area contributed by atoms with Crippen LogP contribution >= 0.6 is 0 Å². The van der Waals surface area contributed by atoms with Crippen molar-refractivity contribution in [3.05, 3.63) is 0 Å². The number of nitrogens with zero attached hydrogens (tertiary/aromatic N) is 1. The van der Waals surface area contributed by atoms with Gasteiger partial charge in [0.05, 0.1) is 0 Å². The molecule has 1 aliphatic carbocycles. The minimum Gasteiger partial charge on any atom is -0.354 e. The Morgan fingerprint density at radius 2 is 2.11 bits per heavy atom. The summed E-state index contributed by atoms with van der Waals surface area (Å²) in [5.74, 6) is 1.09. The van der Waals surface area contributed by atoms with Gasteiger partial charge >= 0.3 is 0 Å². The maximum atomic E-state index is 11.7. The zero-order chi connectivity index (χ0) is 13.7. The third-order valence-electron chi connectivity index (χ3n) is 3.96. The van der Waals surface area contributed by atoms with E-state index in [1.165, 1.54) is 32.2 Å². The van der Waals surface area contributed by atoms with E-state index >= 15 is 0 Å². The summed E-state index contributed by atoms with van der Waals surface area (Å²) in [6.07, 6.45) is 5.99. The standard InChI is InChI=1S/C15H29N3O/c1-12(2)17-15(19)7-9-18(10-13-5-6-13)11-14-4-3-8-16-14/h12-14,16H,3-11H2,1-2H3,(H,17,19). The van der Waals surface area contributed by atoms with Crippen LogP contribution in [0.15, 0.2) is 0 Å². The molecule has 1 atom stereocenters. The normalized spacial score (nSPS) is 23.3. The van der Waals surface area contributed by atoms with Crippen LogP contribution in [0.3, 0.4) is 0 Å². The number of nitrogens with one attached hydrogen (secondary N) is 2. The topological polar surface area (TPSA) is 44.4 Å². The summed E-state index contributed by atoms with van der Waals surface area (Å²) in [5.41, 5.74) is 0. The number of amides is 1. The molecule has 1 saturated heterocycles. The van der Waals surface area contributed by atoms with Crippen molar-refractivity contribution in [3.8, 4) is 0 Å². The maximum absolute atomic E-state index is 11.7. The predicted octanol–water partition coefficient (Wildman–Crippen LogP) is 1.37. The van der Waals surface area contributed by atoms with Crippen molar-refractivity contribution in [2.75, 3.05) is 26.2 Å². The Hall–Kier alpha value is -0.610. The van der Waals surface area contributed by atoms with Crippen molar-refractivity contribution in [1.29, 1.82) is 0 Å². The van der Waals surface area contributed by atoms with Gasteiger partial charge < -0.3 is 15.5 Å². The highest BCUT2D eigenvalue weighted by Gasteiger charge is 2.26. The molecule has 0 aromatic rings. The molecule has 2 N–H and O–H groups in total. The quantitative estimate of drug-likeness (QED) is 0.698. The maximum Gasteiger partial charge on any atom is 0.221 e. The number of hydrogen-bond donors (Lipinski definition) is 2. The van der Waals surface area contributed by atoms with Gasteiger partial charge in [0.25, 0.3) is 0 Å². The number of hydrogen-bond acceptors (Lipinski definition) is 3. The smallest absolute Gasteiger partial charge is 0.221 e. The van der Waals surface area contributed by atoms with E-state index < -0.39 is 0 Å². The van der Waals surface area contributed by atoms with Gasteiger partial charge in [-0.05, 0) is 52.0 Å². The van der Waals surface area contributed by atoms with E-state index in [0.717, 1.165) is 25.6 Å². The molecule has 1 unspecified atom stereocenters. The molecule has 0 bridgehead atoms. The lowest BCUT2D eigenvalue weighted by Gasteiger charge is -2.25. The first-order valence-electron chi connectivity index (χ1n) is 7.88. The minimum atomic E-state index is 0.190. The van der Waals surface area contributed by atoms with Gasteiger partial charge in [-0.1, -0.05) is 0 Å². The molecule has 4 nitrogen and oxygen atoms in total. The molecule has 0 spiro atoms. The van der Waals surface area contributed by atoms with Gasteiger partial charge in [0.1, 0.15) is 0 Å². The molecule has 1 aliphatic heterocycles. The van der Waals surface area contributed by atoms with Crippen LogP contribution in [-0.2, 0) is 4.79 Å². The van der Waals surface area contributed by atoms with Gasteiger partial charge in [-0.25, -0.2) is 0 Å². The van der Waals surface area contributed by atoms with Crippen LogP contribution in [-0.4, -0.2) is 49.1 Å². The van der Waals surface area contributed by atoms with E-state index in [1.54, 1.807) is 0 Å². The minimum absolute atomic E-state index is 0.190. The summed E-state index contributed by atoms with van der Waals surface area (Å²) in [5, 5.41) is 6.54. The molecule has 1 heterocycles. The van der Waals surface area contributed by atoms with E-state index in [1.807, 2.05) is 13.8 Å². The van der Waals surface area contributed by atoms with Crippen LogP contribution in [0, 0.1) is 5.92 Å². The lowest BCUT2D eigenvalue weighted by Crippen LogP contribution is -2.41. The molecule has 2 aliphatic rings. The van der Waals surface area contributed by atoms with E-state index in [4.69, 9.17) is 0 Å². The van der Waals surface area contributed by atoms with Crippen LogP contribution < -0.4 is 10.6 Å². The Bertz CT molecular complexity index is 283. The molecule has 0 aromatic heterocycles. The monoisotopic (exact) mass is 267 g/mol. The lowest BCUT2D eigenvalue weighted by molar-refractivity contribution is -0.121. The first-order valence-corrected chi connectivity index (χ1v) is 7.88. The number of carbonyl (C=O) groups is 1. The summed E-state index contributed by atoms with van der Waals surface area (Å²) in [6, 6.07) is 0.896. The molecule has 110 valence electrons. The Labute approximate surface area is 117 Å². The Morgan fingerprint density at radius 3 is 2.68 bits per heavy atom. The predicted molar refractivity (Wildman–Crippen MR) is 78.1 cm³/mol. The van der Waals surface area contributed by atoms with Crippen molar-refractivity contribution in [3.63, 3.8) is 0 Å². The lowest BCUT2D eigenvalue weighted by atomic mass is 10.2. The molecule has 2 fully saturated rings. The molecule has 1 saturated carbocycles. The fourth-order valence-electron chi connectivity index (χ4n) is 2.80. The molecule has 4 heteroatoms. The Balaban J connectivity index is 1.71. The van der Waals surface area contributed by atoms with Crippen LogP contribution in [0.25, 0.3) is 0 Å². The third-order valence-corrected chi connectivity index (χ3v) is 3.96. The molecule has 1 amide bonds. The van der Waals surface area contributed by atoms with Gasteiger partial charge in [0.15, 0.2) is 0 Å². The summed E-state index contributed by atoms with van der Waals surface area (Å²) in [7, 11) is 0. The van der Waals surface area contributed by atoms with Crippen LogP contribution in [0.4, 0.5) is 0 Å². The molecule has 0 radical (unpaired) electrons. The third kappa shape index (κ3) is 5.91. The zero-order valence-corrected chi connectivity index (χ0v) is 12.5. The van der Waals surface area contributed by atoms with Crippen molar-refractivity contribution in [2.24, 2.45) is 5.92 Å². The van der Waals surface area contributed by atoms with Gasteiger partial charge in [0.2, 0.25) is 5.91 Å². The summed E-state index contributed by atoms with van der Waals surface area (Å²) in [6.45, 7) is 8.41. The van der Waals surface area contributed by atoms with Crippen molar-refractivity contribution in [2.45, 2.75) is 58.0 Å². The molecular formula is C15H29N3O. The van der Waals surface area contributed by atoms with Crippen molar-refractivity contribution >= 4 is 5.91 Å². The van der Waals surface area contributed by atoms with Crippen molar-refractivity contribution < 1.29 is 4.79 Å². The van der Waals surface area contributed by atoms with E-state index in [0.29, 0.717) is 12.5 Å². The summed E-state index contributed by atoms with van der Waals surface area (Å²) < 4.78 is 0. The Kier molecular flexibility index (Phi) is 5.64. The highest BCUT2D eigenvalue weighted by Crippen LogP contribution is 2.30. The van der Waals surface area contributed by atoms with Crippen LogP contribution in [0.1, 0.15) is 46.0 Å². The SMILES string of the molecule is CC(C)NC(=O)CCN(CC1CC1)CC1CCCN1. The van der Waals surface area contributed by atoms with Gasteiger partial charge in [0, 0.05) is 38.1 Å². The first kappa shape index (κ1) is 14.8. The van der Waals surface area contributed by atoms with E-state index in [9.17, 15) is 4.79 Å². The molecule has 2 rings (SSSR count). The van der Waals surface area contributed by atoms with Crippen molar-refractivity contribution in [1.82, 2.24) is 15.5 Å². The average Bonchev–Trinajstić information content (AvgIpc) is 3.00. The second-order valence-electron chi connectivity index (χ2n) is 6.47. The highest BCUT2D eigenvalue weighted by atomic mass is 16.1. The van der Waals surface area contributed by atoms with Gasteiger partial charge in [-0.2, -0.15) is 0 Å². The summed E-state index contributed by atoms with van der Waals surface area (Å²) in [4.78, 5) is 14.2. The van der Waals surface area contributed by atoms with E-state index in [2.05, 4.69) is 15.5 Å². The first-order chi connectivity index (χ1) is 9.13. The fourth-order valence-corrected chi connectivity index (χ4v) is 2.80. The second kappa shape index (κ2) is 7.25.